The summed E-state index contributed by atoms with van der Waals surface area (Å²) in [6.07, 6.45) is 0.814. The quantitative estimate of drug-likeness (QED) is 0.594. The van der Waals surface area contributed by atoms with E-state index in [9.17, 15) is 9.59 Å². The van der Waals surface area contributed by atoms with Crippen molar-refractivity contribution in [2.45, 2.75) is 12.5 Å². The molecule has 146 valence electrons. The minimum atomic E-state index is -0.780. The van der Waals surface area contributed by atoms with Crippen LogP contribution in [0.4, 0.5) is 16.2 Å². The Kier molecular flexibility index (Phi) is 5.62. The summed E-state index contributed by atoms with van der Waals surface area (Å²) in [5.41, 5.74) is 3.45. The maximum atomic E-state index is 13.4. The highest BCUT2D eigenvalue weighted by Crippen LogP contribution is 2.30. The van der Waals surface area contributed by atoms with Crippen molar-refractivity contribution in [1.29, 1.82) is 0 Å². The molecule has 3 aromatic carbocycles. The van der Waals surface area contributed by atoms with E-state index in [1.807, 2.05) is 66.7 Å². The fraction of sp³-hybridized carbons (Fsp3) is 0.130. The molecule has 3 amide bonds. The van der Waals surface area contributed by atoms with Crippen molar-refractivity contribution in [2.24, 2.45) is 0 Å². The Bertz CT molecular complexity index is 1020. The number of hydrogen-bond donors (Lipinski definition) is 2. The molecule has 29 heavy (non-hydrogen) atoms. The molecule has 4 rings (SSSR count). The molecule has 0 bridgehead atoms. The number of amides is 3. The molecule has 1 aliphatic rings. The fourth-order valence-electron chi connectivity index (χ4n) is 3.49. The summed E-state index contributed by atoms with van der Waals surface area (Å²) >= 11 is 3.37. The molecule has 0 saturated carbocycles. The number of rotatable bonds is 4. The number of fused-ring (bicyclic) bond motifs is 1. The maximum absolute atomic E-state index is 13.4. The Morgan fingerprint density at radius 3 is 2.34 bits per heavy atom. The van der Waals surface area contributed by atoms with Gasteiger partial charge in [0, 0.05) is 22.4 Å². The number of anilines is 2. The summed E-state index contributed by atoms with van der Waals surface area (Å²) in [6, 6.07) is 23.3. The lowest BCUT2D eigenvalue weighted by Crippen LogP contribution is -2.43. The predicted molar refractivity (Wildman–Crippen MR) is 118 cm³/mol. The Labute approximate surface area is 177 Å². The summed E-state index contributed by atoms with van der Waals surface area (Å²) in [7, 11) is 0. The number of urea groups is 1. The molecule has 0 fully saturated rings. The smallest absolute Gasteiger partial charge is 0.320 e. The average Bonchev–Trinajstić information content (AvgIpc) is 3.18. The lowest BCUT2D eigenvalue weighted by atomic mass is 10.1. The zero-order valence-electron chi connectivity index (χ0n) is 15.6. The Hall–Kier alpha value is -3.12. The number of nitrogens with zero attached hydrogens (tertiary/aromatic N) is 1. The van der Waals surface area contributed by atoms with Crippen molar-refractivity contribution in [3.8, 4) is 0 Å². The van der Waals surface area contributed by atoms with Gasteiger partial charge in [0.15, 0.2) is 0 Å². The van der Waals surface area contributed by atoms with Crippen LogP contribution in [-0.2, 0) is 11.2 Å². The Balaban J connectivity index is 1.56. The first-order chi connectivity index (χ1) is 14.1. The van der Waals surface area contributed by atoms with E-state index in [0.29, 0.717) is 12.2 Å². The van der Waals surface area contributed by atoms with Crippen molar-refractivity contribution in [3.63, 3.8) is 0 Å². The molecule has 5 nitrogen and oxygen atoms in total. The van der Waals surface area contributed by atoms with Gasteiger partial charge in [-0.05, 0) is 47.9 Å². The van der Waals surface area contributed by atoms with E-state index < -0.39 is 12.1 Å². The zero-order chi connectivity index (χ0) is 20.2. The average molecular weight is 450 g/mol. The minimum absolute atomic E-state index is 0.146. The van der Waals surface area contributed by atoms with Crippen LogP contribution in [0.15, 0.2) is 83.3 Å². The summed E-state index contributed by atoms with van der Waals surface area (Å²) in [5, 5.41) is 5.64. The highest BCUT2D eigenvalue weighted by atomic mass is 79.9. The van der Waals surface area contributed by atoms with Crippen molar-refractivity contribution >= 4 is 39.2 Å². The second-order valence-electron chi connectivity index (χ2n) is 6.82. The number of para-hydroxylation sites is 1. The van der Waals surface area contributed by atoms with Crippen LogP contribution >= 0.6 is 15.9 Å². The summed E-state index contributed by atoms with van der Waals surface area (Å²) < 4.78 is 0.925. The van der Waals surface area contributed by atoms with Crippen molar-refractivity contribution in [3.05, 3.63) is 94.5 Å². The number of carbonyl (C=O) groups is 2. The molecule has 1 atom stereocenters. The van der Waals surface area contributed by atoms with Crippen LogP contribution in [-0.4, -0.2) is 18.5 Å². The van der Waals surface area contributed by atoms with Crippen LogP contribution in [0.5, 0.6) is 0 Å². The maximum Gasteiger partial charge on any atom is 0.320 e. The lowest BCUT2D eigenvalue weighted by Gasteiger charge is -2.25. The van der Waals surface area contributed by atoms with Gasteiger partial charge in [0.2, 0.25) is 0 Å². The van der Waals surface area contributed by atoms with Crippen LogP contribution in [0.1, 0.15) is 17.2 Å². The van der Waals surface area contributed by atoms with Crippen molar-refractivity contribution in [1.82, 2.24) is 5.32 Å². The topological polar surface area (TPSA) is 61.4 Å². The molecule has 0 radical (unpaired) electrons. The molecular weight excluding hydrogens is 430 g/mol. The number of hydrogen-bond acceptors (Lipinski definition) is 2. The van der Waals surface area contributed by atoms with E-state index in [-0.39, 0.29) is 5.91 Å². The second-order valence-corrected chi connectivity index (χ2v) is 7.73. The number of carbonyl (C=O) groups excluding carboxylic acids is 2. The van der Waals surface area contributed by atoms with Gasteiger partial charge in [-0.15, -0.1) is 0 Å². The molecule has 3 aromatic rings. The van der Waals surface area contributed by atoms with Crippen LogP contribution in [0.3, 0.4) is 0 Å². The Morgan fingerprint density at radius 1 is 0.897 bits per heavy atom. The van der Waals surface area contributed by atoms with Crippen LogP contribution < -0.4 is 15.5 Å². The first kappa shape index (κ1) is 19.2. The van der Waals surface area contributed by atoms with E-state index in [1.165, 1.54) is 0 Å². The normalized spacial score (nSPS) is 13.5. The zero-order valence-corrected chi connectivity index (χ0v) is 17.2. The molecular formula is C23H20BrN3O2. The third-order valence-corrected chi connectivity index (χ3v) is 5.44. The molecule has 0 saturated heterocycles. The van der Waals surface area contributed by atoms with Gasteiger partial charge in [0.1, 0.15) is 6.04 Å². The highest BCUT2D eigenvalue weighted by molar-refractivity contribution is 9.10. The molecule has 0 aromatic heterocycles. The SMILES string of the molecule is O=C(Nc1ccc(Br)cc1)NC(C(=O)N1CCc2ccccc21)c1ccccc1. The van der Waals surface area contributed by atoms with E-state index in [4.69, 9.17) is 0 Å². The molecule has 1 unspecified atom stereocenters. The van der Waals surface area contributed by atoms with Gasteiger partial charge in [0.05, 0.1) is 0 Å². The lowest BCUT2D eigenvalue weighted by molar-refractivity contribution is -0.120. The van der Waals surface area contributed by atoms with Gasteiger partial charge in [0.25, 0.3) is 5.91 Å². The first-order valence-corrected chi connectivity index (χ1v) is 10.2. The molecule has 6 heteroatoms. The molecule has 1 aliphatic heterocycles. The summed E-state index contributed by atoms with van der Waals surface area (Å²) in [5.74, 6) is -0.146. The Morgan fingerprint density at radius 2 is 1.59 bits per heavy atom. The minimum Gasteiger partial charge on any atom is -0.322 e. The van der Waals surface area contributed by atoms with Gasteiger partial charge < -0.3 is 15.5 Å². The largest absolute Gasteiger partial charge is 0.322 e. The van der Waals surface area contributed by atoms with E-state index >= 15 is 0 Å². The summed E-state index contributed by atoms with van der Waals surface area (Å²) in [4.78, 5) is 27.8. The van der Waals surface area contributed by atoms with Crippen LogP contribution in [0, 0.1) is 0 Å². The third-order valence-electron chi connectivity index (χ3n) is 4.91. The van der Waals surface area contributed by atoms with E-state index in [0.717, 1.165) is 27.7 Å². The molecule has 0 spiro atoms. The van der Waals surface area contributed by atoms with Gasteiger partial charge in [-0.2, -0.15) is 0 Å². The number of benzene rings is 3. The summed E-state index contributed by atoms with van der Waals surface area (Å²) in [6.45, 7) is 0.609. The molecule has 2 N–H and O–H groups in total. The monoisotopic (exact) mass is 449 g/mol. The molecule has 1 heterocycles. The fourth-order valence-corrected chi connectivity index (χ4v) is 3.75. The standard InChI is InChI=1S/C23H20BrN3O2/c24-18-10-12-19(13-11-18)25-23(29)26-21(17-7-2-1-3-8-17)22(28)27-15-14-16-6-4-5-9-20(16)27/h1-13,21H,14-15H2,(H2,25,26,29). The number of nitrogens with one attached hydrogen (secondary N) is 2. The first-order valence-electron chi connectivity index (χ1n) is 9.39. The second kappa shape index (κ2) is 8.49. The third kappa shape index (κ3) is 4.32. The van der Waals surface area contributed by atoms with Gasteiger partial charge >= 0.3 is 6.03 Å². The molecule has 0 aliphatic carbocycles. The van der Waals surface area contributed by atoms with Gasteiger partial charge in [-0.3, -0.25) is 4.79 Å². The van der Waals surface area contributed by atoms with E-state index in [1.54, 1.807) is 17.0 Å². The van der Waals surface area contributed by atoms with Crippen LogP contribution in [0.2, 0.25) is 0 Å². The van der Waals surface area contributed by atoms with E-state index in [2.05, 4.69) is 26.6 Å². The van der Waals surface area contributed by atoms with Crippen molar-refractivity contribution < 1.29 is 9.59 Å². The number of halogens is 1. The van der Waals surface area contributed by atoms with Gasteiger partial charge in [-0.25, -0.2) is 4.79 Å². The predicted octanol–water partition coefficient (Wildman–Crippen LogP) is 4.90. The highest BCUT2D eigenvalue weighted by Gasteiger charge is 2.32. The van der Waals surface area contributed by atoms with Crippen molar-refractivity contribution in [2.75, 3.05) is 16.8 Å². The van der Waals surface area contributed by atoms with Crippen LogP contribution in [0.25, 0.3) is 0 Å². The van der Waals surface area contributed by atoms with Gasteiger partial charge in [-0.1, -0.05) is 64.5 Å².